The number of hydrogen-bond acceptors (Lipinski definition) is 5. The van der Waals surface area contributed by atoms with Gasteiger partial charge >= 0.3 is 0 Å². The fraction of sp³-hybridized carbons (Fsp3) is 0. The molecule has 1 aromatic carbocycles. The van der Waals surface area contributed by atoms with E-state index in [-0.39, 0.29) is 5.82 Å². The number of hydrogen-bond donors (Lipinski definition) is 2. The minimum Gasteiger partial charge on any atom is -0.292 e. The van der Waals surface area contributed by atoms with Crippen molar-refractivity contribution in [1.82, 2.24) is 9.97 Å². The van der Waals surface area contributed by atoms with Gasteiger partial charge in [0.05, 0.1) is 0 Å². The number of halogens is 1. The van der Waals surface area contributed by atoms with Crippen LogP contribution in [0.25, 0.3) is 0 Å². The van der Waals surface area contributed by atoms with E-state index in [1.54, 1.807) is 30.5 Å². The van der Waals surface area contributed by atoms with Crippen molar-refractivity contribution in [3.8, 4) is 0 Å². The Labute approximate surface area is 96.1 Å². The summed E-state index contributed by atoms with van der Waals surface area (Å²) in [6, 6.07) is 8.21. The second-order valence-corrected chi connectivity index (χ2v) is 3.96. The summed E-state index contributed by atoms with van der Waals surface area (Å²) in [5.74, 6) is 5.22. The van der Waals surface area contributed by atoms with Gasteiger partial charge in [0.25, 0.3) is 0 Å². The van der Waals surface area contributed by atoms with Crippen LogP contribution in [0.1, 0.15) is 0 Å². The van der Waals surface area contributed by atoms with Crippen LogP contribution in [0, 0.1) is 5.82 Å². The van der Waals surface area contributed by atoms with Crippen molar-refractivity contribution < 1.29 is 4.39 Å². The second kappa shape index (κ2) is 4.91. The van der Waals surface area contributed by atoms with E-state index in [0.717, 1.165) is 0 Å². The van der Waals surface area contributed by atoms with Crippen molar-refractivity contribution in [1.29, 1.82) is 0 Å². The first-order valence-corrected chi connectivity index (χ1v) is 5.33. The molecule has 1 heterocycles. The fourth-order valence-corrected chi connectivity index (χ4v) is 1.91. The Morgan fingerprint density at radius 2 is 2.06 bits per heavy atom. The highest BCUT2D eigenvalue weighted by Crippen LogP contribution is 2.28. The summed E-state index contributed by atoms with van der Waals surface area (Å²) in [5, 5.41) is 0.632. The third-order valence-corrected chi connectivity index (χ3v) is 2.80. The third kappa shape index (κ3) is 2.47. The number of nitrogen functional groups attached to an aromatic ring is 1. The Balaban J connectivity index is 2.24. The SMILES string of the molecule is NNc1nccc(Sc2ccccc2F)n1. The summed E-state index contributed by atoms with van der Waals surface area (Å²) >= 11 is 1.22. The van der Waals surface area contributed by atoms with Gasteiger partial charge in [-0.2, -0.15) is 0 Å². The highest BCUT2D eigenvalue weighted by molar-refractivity contribution is 7.99. The number of benzene rings is 1. The van der Waals surface area contributed by atoms with Crippen molar-refractivity contribution in [2.45, 2.75) is 9.92 Å². The molecule has 0 aliphatic rings. The molecule has 0 saturated carbocycles. The summed E-state index contributed by atoms with van der Waals surface area (Å²) in [6.45, 7) is 0. The van der Waals surface area contributed by atoms with E-state index in [1.165, 1.54) is 17.8 Å². The zero-order valence-corrected chi connectivity index (χ0v) is 9.04. The smallest absolute Gasteiger partial charge is 0.238 e. The molecule has 4 nitrogen and oxygen atoms in total. The van der Waals surface area contributed by atoms with Gasteiger partial charge in [0.15, 0.2) is 0 Å². The highest BCUT2D eigenvalue weighted by Gasteiger charge is 2.04. The van der Waals surface area contributed by atoms with Crippen LogP contribution in [-0.2, 0) is 0 Å². The largest absolute Gasteiger partial charge is 0.292 e. The van der Waals surface area contributed by atoms with Gasteiger partial charge in [0.1, 0.15) is 10.8 Å². The van der Waals surface area contributed by atoms with Gasteiger partial charge in [-0.25, -0.2) is 20.2 Å². The monoisotopic (exact) mass is 236 g/mol. The summed E-state index contributed by atoms with van der Waals surface area (Å²) in [7, 11) is 0. The quantitative estimate of drug-likeness (QED) is 0.485. The molecule has 0 aliphatic carbocycles. The second-order valence-electron chi connectivity index (χ2n) is 2.90. The fourth-order valence-electron chi connectivity index (χ4n) is 1.11. The topological polar surface area (TPSA) is 63.8 Å². The van der Waals surface area contributed by atoms with E-state index in [9.17, 15) is 4.39 Å². The number of aromatic nitrogens is 2. The van der Waals surface area contributed by atoms with Gasteiger partial charge in [-0.15, -0.1) is 0 Å². The predicted molar refractivity (Wildman–Crippen MR) is 60.4 cm³/mol. The van der Waals surface area contributed by atoms with Gasteiger partial charge in [0, 0.05) is 11.1 Å². The van der Waals surface area contributed by atoms with E-state index in [1.807, 2.05) is 0 Å². The lowest BCUT2D eigenvalue weighted by Crippen LogP contribution is -2.10. The van der Waals surface area contributed by atoms with Crippen LogP contribution in [-0.4, -0.2) is 9.97 Å². The lowest BCUT2D eigenvalue weighted by Gasteiger charge is -2.03. The summed E-state index contributed by atoms with van der Waals surface area (Å²) in [6.07, 6.45) is 1.56. The van der Waals surface area contributed by atoms with Crippen LogP contribution < -0.4 is 11.3 Å². The number of hydrazine groups is 1. The van der Waals surface area contributed by atoms with Crippen molar-refractivity contribution in [2.24, 2.45) is 5.84 Å². The Kier molecular flexibility index (Phi) is 3.33. The van der Waals surface area contributed by atoms with Crippen molar-refractivity contribution in [3.63, 3.8) is 0 Å². The van der Waals surface area contributed by atoms with Crippen molar-refractivity contribution in [2.75, 3.05) is 5.43 Å². The van der Waals surface area contributed by atoms with E-state index >= 15 is 0 Å². The minimum atomic E-state index is -0.270. The number of anilines is 1. The molecule has 6 heteroatoms. The predicted octanol–water partition coefficient (Wildman–Crippen LogP) is 2.05. The summed E-state index contributed by atoms with van der Waals surface area (Å²) in [4.78, 5) is 8.46. The van der Waals surface area contributed by atoms with Gasteiger partial charge in [-0.05, 0) is 18.2 Å². The average Bonchev–Trinajstić information content (AvgIpc) is 2.32. The van der Waals surface area contributed by atoms with E-state index in [2.05, 4.69) is 15.4 Å². The maximum Gasteiger partial charge on any atom is 0.238 e. The molecule has 82 valence electrons. The summed E-state index contributed by atoms with van der Waals surface area (Å²) in [5.41, 5.74) is 2.34. The Morgan fingerprint density at radius 1 is 1.25 bits per heavy atom. The molecule has 0 spiro atoms. The molecule has 3 N–H and O–H groups in total. The maximum atomic E-state index is 13.4. The molecule has 0 amide bonds. The molecule has 0 bridgehead atoms. The molecule has 1 aromatic heterocycles. The number of nitrogens with two attached hydrogens (primary N) is 1. The van der Waals surface area contributed by atoms with Crippen molar-refractivity contribution >= 4 is 17.7 Å². The first-order chi connectivity index (χ1) is 7.79. The first kappa shape index (κ1) is 10.8. The molecule has 0 saturated heterocycles. The molecule has 0 atom stereocenters. The van der Waals surface area contributed by atoms with Gasteiger partial charge in [0.2, 0.25) is 5.95 Å². The first-order valence-electron chi connectivity index (χ1n) is 4.51. The van der Waals surface area contributed by atoms with E-state index < -0.39 is 0 Å². The standard InChI is InChI=1S/C10H9FN4S/c11-7-3-1-2-4-8(7)16-9-5-6-13-10(14-9)15-12/h1-6H,12H2,(H,13,14,15). The lowest BCUT2D eigenvalue weighted by molar-refractivity contribution is 0.602. The zero-order valence-electron chi connectivity index (χ0n) is 8.22. The van der Waals surface area contributed by atoms with Crippen LogP contribution in [0.15, 0.2) is 46.5 Å². The van der Waals surface area contributed by atoms with Crippen LogP contribution in [0.2, 0.25) is 0 Å². The summed E-state index contributed by atoms with van der Waals surface area (Å²) < 4.78 is 13.4. The molecule has 0 fully saturated rings. The molecule has 16 heavy (non-hydrogen) atoms. The molecule has 0 unspecified atom stereocenters. The van der Waals surface area contributed by atoms with Crippen LogP contribution in [0.3, 0.4) is 0 Å². The zero-order chi connectivity index (χ0) is 11.4. The Hall–Kier alpha value is -1.66. The number of nitrogens with one attached hydrogen (secondary N) is 1. The van der Waals surface area contributed by atoms with Crippen molar-refractivity contribution in [3.05, 3.63) is 42.3 Å². The molecular weight excluding hydrogens is 227 g/mol. The molecule has 0 aliphatic heterocycles. The Morgan fingerprint density at radius 3 is 2.81 bits per heavy atom. The third-order valence-electron chi connectivity index (χ3n) is 1.81. The highest BCUT2D eigenvalue weighted by atomic mass is 32.2. The van der Waals surface area contributed by atoms with Crippen LogP contribution >= 0.6 is 11.8 Å². The Bertz CT molecular complexity index is 492. The number of nitrogens with zero attached hydrogens (tertiary/aromatic N) is 2. The molecule has 2 aromatic rings. The number of rotatable bonds is 3. The maximum absolute atomic E-state index is 13.4. The normalized spacial score (nSPS) is 10.1. The van der Waals surface area contributed by atoms with E-state index in [4.69, 9.17) is 5.84 Å². The lowest BCUT2D eigenvalue weighted by atomic mass is 10.3. The van der Waals surface area contributed by atoms with E-state index in [0.29, 0.717) is 15.9 Å². The molecule has 0 radical (unpaired) electrons. The molecular formula is C10H9FN4S. The van der Waals surface area contributed by atoms with Crippen LogP contribution in [0.5, 0.6) is 0 Å². The average molecular weight is 236 g/mol. The van der Waals surface area contributed by atoms with Gasteiger partial charge in [-0.1, -0.05) is 23.9 Å². The van der Waals surface area contributed by atoms with Crippen LogP contribution in [0.4, 0.5) is 10.3 Å². The van der Waals surface area contributed by atoms with Gasteiger partial charge in [-0.3, -0.25) is 5.43 Å². The molecule has 2 rings (SSSR count). The minimum absolute atomic E-state index is 0.270. The van der Waals surface area contributed by atoms with Gasteiger partial charge < -0.3 is 0 Å².